The van der Waals surface area contributed by atoms with Crippen molar-refractivity contribution in [2.24, 2.45) is 11.7 Å². The van der Waals surface area contributed by atoms with Gasteiger partial charge in [0.1, 0.15) is 6.04 Å². The van der Waals surface area contributed by atoms with E-state index in [9.17, 15) is 9.59 Å². The largest absolute Gasteiger partial charge is 0.480 e. The zero-order valence-electron chi connectivity index (χ0n) is 8.78. The highest BCUT2D eigenvalue weighted by Gasteiger charge is 2.23. The first-order valence-corrected chi connectivity index (χ1v) is 4.62. The van der Waals surface area contributed by atoms with Gasteiger partial charge in [-0.3, -0.25) is 4.79 Å². The highest BCUT2D eigenvalue weighted by molar-refractivity contribution is 5.83. The van der Waals surface area contributed by atoms with Crippen LogP contribution in [0, 0.1) is 5.92 Å². The van der Waals surface area contributed by atoms with E-state index in [0.717, 1.165) is 0 Å². The van der Waals surface area contributed by atoms with Gasteiger partial charge in [0.05, 0.1) is 0 Å². The molecule has 0 aliphatic carbocycles. The normalized spacial score (nSPS) is 14.9. The summed E-state index contributed by atoms with van der Waals surface area (Å²) in [5.74, 6) is -1.47. The molecule has 5 heteroatoms. The Morgan fingerprint density at radius 1 is 1.36 bits per heavy atom. The summed E-state index contributed by atoms with van der Waals surface area (Å²) in [6.45, 7) is 5.18. The van der Waals surface area contributed by atoms with Gasteiger partial charge in [-0.05, 0) is 12.8 Å². The van der Waals surface area contributed by atoms with E-state index >= 15 is 0 Å². The molecule has 0 rings (SSSR count). The summed E-state index contributed by atoms with van der Waals surface area (Å²) in [4.78, 5) is 21.9. The average Bonchev–Trinajstić information content (AvgIpc) is 1.97. The van der Waals surface area contributed by atoms with Crippen molar-refractivity contribution in [1.82, 2.24) is 5.32 Å². The summed E-state index contributed by atoms with van der Waals surface area (Å²) >= 11 is 0. The third-order valence-corrected chi connectivity index (χ3v) is 1.76. The van der Waals surface area contributed by atoms with Gasteiger partial charge in [-0.15, -0.1) is 0 Å². The van der Waals surface area contributed by atoms with Gasteiger partial charge < -0.3 is 16.2 Å². The van der Waals surface area contributed by atoms with Crippen molar-refractivity contribution < 1.29 is 14.7 Å². The summed E-state index contributed by atoms with van der Waals surface area (Å²) in [5, 5.41) is 11.2. The molecular weight excluding hydrogens is 184 g/mol. The van der Waals surface area contributed by atoms with Crippen LogP contribution >= 0.6 is 0 Å². The highest BCUT2D eigenvalue weighted by Crippen LogP contribution is 2.02. The van der Waals surface area contributed by atoms with Crippen LogP contribution in [0.25, 0.3) is 0 Å². The van der Waals surface area contributed by atoms with Gasteiger partial charge in [0.25, 0.3) is 0 Å². The van der Waals surface area contributed by atoms with E-state index in [1.807, 2.05) is 0 Å². The number of carboxylic acids is 1. The Labute approximate surface area is 83.7 Å². The molecule has 4 N–H and O–H groups in total. The minimum Gasteiger partial charge on any atom is -0.480 e. The lowest BCUT2D eigenvalue weighted by atomic mass is 10.0. The first-order chi connectivity index (χ1) is 6.34. The van der Waals surface area contributed by atoms with Crippen molar-refractivity contribution in [3.05, 3.63) is 0 Å². The minimum absolute atomic E-state index is 0.135. The maximum Gasteiger partial charge on any atom is 0.326 e. The second-order valence-corrected chi connectivity index (χ2v) is 3.81. The molecule has 14 heavy (non-hydrogen) atoms. The van der Waals surface area contributed by atoms with E-state index in [-0.39, 0.29) is 24.3 Å². The van der Waals surface area contributed by atoms with Crippen LogP contribution in [0.15, 0.2) is 0 Å². The predicted molar refractivity (Wildman–Crippen MR) is 52.7 cm³/mol. The van der Waals surface area contributed by atoms with E-state index in [1.54, 1.807) is 20.8 Å². The highest BCUT2D eigenvalue weighted by atomic mass is 16.4. The molecule has 0 bridgehead atoms. The Bertz CT molecular complexity index is 214. The number of nitrogens with one attached hydrogen (secondary N) is 1. The van der Waals surface area contributed by atoms with Gasteiger partial charge in [0.2, 0.25) is 5.91 Å². The van der Waals surface area contributed by atoms with Gasteiger partial charge in [-0.25, -0.2) is 4.79 Å². The fourth-order valence-corrected chi connectivity index (χ4v) is 1.04. The molecule has 2 atom stereocenters. The fraction of sp³-hybridized carbons (Fsp3) is 0.778. The molecule has 5 nitrogen and oxygen atoms in total. The summed E-state index contributed by atoms with van der Waals surface area (Å²) in [6.07, 6.45) is 0.149. The molecule has 0 fully saturated rings. The zero-order valence-corrected chi connectivity index (χ0v) is 8.78. The number of carboxylic acid groups (broad SMARTS) is 1. The fourth-order valence-electron chi connectivity index (χ4n) is 1.04. The van der Waals surface area contributed by atoms with Crippen LogP contribution in [0.2, 0.25) is 0 Å². The molecule has 0 saturated heterocycles. The second-order valence-electron chi connectivity index (χ2n) is 3.81. The molecule has 0 radical (unpaired) electrons. The van der Waals surface area contributed by atoms with Crippen LogP contribution in [-0.2, 0) is 9.59 Å². The van der Waals surface area contributed by atoms with Crippen molar-refractivity contribution in [1.29, 1.82) is 0 Å². The van der Waals surface area contributed by atoms with Crippen LogP contribution in [0.4, 0.5) is 0 Å². The number of hydrogen-bond acceptors (Lipinski definition) is 3. The molecule has 0 heterocycles. The van der Waals surface area contributed by atoms with Crippen molar-refractivity contribution in [2.45, 2.75) is 39.3 Å². The topological polar surface area (TPSA) is 92.4 Å². The van der Waals surface area contributed by atoms with Crippen molar-refractivity contribution in [3.63, 3.8) is 0 Å². The Balaban J connectivity index is 4.17. The van der Waals surface area contributed by atoms with Gasteiger partial charge in [0, 0.05) is 12.5 Å². The van der Waals surface area contributed by atoms with Crippen LogP contribution in [0.3, 0.4) is 0 Å². The van der Waals surface area contributed by atoms with E-state index in [2.05, 4.69) is 5.32 Å². The monoisotopic (exact) mass is 202 g/mol. The van der Waals surface area contributed by atoms with Gasteiger partial charge >= 0.3 is 5.97 Å². The van der Waals surface area contributed by atoms with E-state index in [0.29, 0.717) is 0 Å². The predicted octanol–water partition coefficient (Wildman–Crippen LogP) is -0.0509. The Hall–Kier alpha value is -1.10. The maximum absolute atomic E-state index is 11.2. The summed E-state index contributed by atoms with van der Waals surface area (Å²) < 4.78 is 0. The van der Waals surface area contributed by atoms with Crippen LogP contribution in [0.5, 0.6) is 0 Å². The number of nitrogens with two attached hydrogens (primary N) is 1. The number of rotatable bonds is 5. The molecule has 1 amide bonds. The summed E-state index contributed by atoms with van der Waals surface area (Å²) in [7, 11) is 0. The molecule has 0 aromatic heterocycles. The standard InChI is InChI=1S/C9H18N2O3/c1-5(2)8(9(13)14)11-7(12)4-6(3)10/h5-6,8H,4,10H2,1-3H3,(H,11,12)(H,13,14). The van der Waals surface area contributed by atoms with Gasteiger partial charge in [-0.2, -0.15) is 0 Å². The Morgan fingerprint density at radius 2 is 1.86 bits per heavy atom. The summed E-state index contributed by atoms with van der Waals surface area (Å²) in [6, 6.07) is -1.09. The molecule has 0 spiro atoms. The maximum atomic E-state index is 11.2. The number of hydrogen-bond donors (Lipinski definition) is 3. The van der Waals surface area contributed by atoms with E-state index in [1.165, 1.54) is 0 Å². The second kappa shape index (κ2) is 5.59. The van der Waals surface area contributed by atoms with Crippen LogP contribution in [0.1, 0.15) is 27.2 Å². The lowest BCUT2D eigenvalue weighted by Gasteiger charge is -2.18. The third-order valence-electron chi connectivity index (χ3n) is 1.76. The number of aliphatic carboxylic acids is 1. The summed E-state index contributed by atoms with van der Waals surface area (Å²) in [5.41, 5.74) is 5.41. The van der Waals surface area contributed by atoms with Gasteiger partial charge in [0.15, 0.2) is 0 Å². The first kappa shape index (κ1) is 12.9. The van der Waals surface area contributed by atoms with Crippen molar-refractivity contribution in [3.8, 4) is 0 Å². The molecule has 82 valence electrons. The number of carbonyl (C=O) groups excluding carboxylic acids is 1. The molecule has 0 aromatic rings. The average molecular weight is 202 g/mol. The molecule has 0 saturated carbocycles. The number of amides is 1. The molecule has 0 aliphatic rings. The molecule has 0 aliphatic heterocycles. The molecular formula is C9H18N2O3. The molecule has 0 aromatic carbocycles. The third kappa shape index (κ3) is 4.81. The first-order valence-electron chi connectivity index (χ1n) is 4.62. The lowest BCUT2D eigenvalue weighted by molar-refractivity contribution is -0.143. The molecule has 2 unspecified atom stereocenters. The minimum atomic E-state index is -1.02. The van der Waals surface area contributed by atoms with Crippen LogP contribution < -0.4 is 11.1 Å². The Kier molecular flexibility index (Phi) is 5.15. The van der Waals surface area contributed by atoms with Crippen molar-refractivity contribution in [2.75, 3.05) is 0 Å². The van der Waals surface area contributed by atoms with Crippen LogP contribution in [-0.4, -0.2) is 29.1 Å². The smallest absolute Gasteiger partial charge is 0.326 e. The zero-order chi connectivity index (χ0) is 11.3. The number of carbonyl (C=O) groups is 2. The SMILES string of the molecule is CC(N)CC(=O)NC(C(=O)O)C(C)C. The lowest BCUT2D eigenvalue weighted by Crippen LogP contribution is -2.45. The quantitative estimate of drug-likeness (QED) is 0.582. The van der Waals surface area contributed by atoms with E-state index in [4.69, 9.17) is 10.8 Å². The van der Waals surface area contributed by atoms with Crippen molar-refractivity contribution >= 4 is 11.9 Å². The van der Waals surface area contributed by atoms with Gasteiger partial charge in [-0.1, -0.05) is 13.8 Å². The van der Waals surface area contributed by atoms with E-state index < -0.39 is 12.0 Å². The Morgan fingerprint density at radius 3 is 2.14 bits per heavy atom.